The molecule has 50 heavy (non-hydrogen) atoms. The van der Waals surface area contributed by atoms with Crippen LogP contribution in [0.3, 0.4) is 0 Å². The number of amides is 5. The Hall–Kier alpha value is -5.51. The minimum absolute atomic E-state index is 0.0582. The van der Waals surface area contributed by atoms with Crippen LogP contribution in [-0.4, -0.2) is 98.7 Å². The lowest BCUT2D eigenvalue weighted by molar-refractivity contribution is -0.143. The molecule has 0 fully saturated rings. The third kappa shape index (κ3) is 14.3. The average molecular weight is 700 g/mol. The Morgan fingerprint density at radius 1 is 0.620 bits per heavy atom. The van der Waals surface area contributed by atoms with Crippen LogP contribution < -0.4 is 26.6 Å². The van der Waals surface area contributed by atoms with E-state index in [1.165, 1.54) is 31.2 Å². The number of phenols is 1. The van der Waals surface area contributed by atoms with E-state index in [0.29, 0.717) is 11.1 Å². The smallest absolute Gasteiger partial charge is 0.326 e. The number of rotatable bonds is 20. The lowest BCUT2D eigenvalue weighted by atomic mass is 10.0. The highest BCUT2D eigenvalue weighted by molar-refractivity contribution is 5.96. The van der Waals surface area contributed by atoms with Gasteiger partial charge in [-0.05, 0) is 42.0 Å². The van der Waals surface area contributed by atoms with Gasteiger partial charge in [-0.25, -0.2) is 4.79 Å². The van der Waals surface area contributed by atoms with E-state index in [9.17, 15) is 54.0 Å². The number of aliphatic hydroxyl groups is 1. The van der Waals surface area contributed by atoms with Gasteiger partial charge in [0.05, 0.1) is 6.61 Å². The van der Waals surface area contributed by atoms with Gasteiger partial charge in [-0.2, -0.15) is 0 Å². The van der Waals surface area contributed by atoms with Crippen molar-refractivity contribution in [1.29, 1.82) is 0 Å². The summed E-state index contributed by atoms with van der Waals surface area (Å²) in [6.45, 7) is 3.80. The van der Waals surface area contributed by atoms with E-state index in [-0.39, 0.29) is 30.9 Å². The maximum absolute atomic E-state index is 13.7. The second-order valence-electron chi connectivity index (χ2n) is 12.1. The summed E-state index contributed by atoms with van der Waals surface area (Å²) in [4.78, 5) is 88.4. The van der Waals surface area contributed by atoms with Crippen molar-refractivity contribution in [2.24, 2.45) is 5.92 Å². The number of aliphatic hydroxyl groups excluding tert-OH is 1. The topological polar surface area (TPSA) is 261 Å². The first-order chi connectivity index (χ1) is 23.6. The lowest BCUT2D eigenvalue weighted by Crippen LogP contribution is -2.60. The maximum Gasteiger partial charge on any atom is 0.326 e. The second-order valence-corrected chi connectivity index (χ2v) is 12.1. The zero-order valence-corrected chi connectivity index (χ0v) is 28.0. The van der Waals surface area contributed by atoms with E-state index >= 15 is 0 Å². The molecule has 5 atom stereocenters. The SMILES string of the molecule is CC(=O)NC(Cc1ccccc1)C(=O)NC(CO)C(=O)NC(Cc1ccc(O)cc1)C(=O)NC(CCC(=O)O)C(=O)NC(CC(C)C)C(=O)O. The number of hydrogen-bond donors (Lipinski definition) is 9. The van der Waals surface area contributed by atoms with Crippen LogP contribution in [0.25, 0.3) is 0 Å². The molecule has 0 radical (unpaired) electrons. The van der Waals surface area contributed by atoms with Crippen LogP contribution in [-0.2, 0) is 46.4 Å². The summed E-state index contributed by atoms with van der Waals surface area (Å²) in [5, 5.41) is 50.6. The first kappa shape index (κ1) is 40.7. The number of benzene rings is 2. The van der Waals surface area contributed by atoms with Crippen molar-refractivity contribution in [2.45, 2.75) is 83.1 Å². The van der Waals surface area contributed by atoms with Crippen LogP contribution >= 0.6 is 0 Å². The van der Waals surface area contributed by atoms with Crippen molar-refractivity contribution < 1.29 is 54.0 Å². The molecule has 9 N–H and O–H groups in total. The van der Waals surface area contributed by atoms with Gasteiger partial charge in [0.25, 0.3) is 0 Å². The van der Waals surface area contributed by atoms with Gasteiger partial charge in [-0.1, -0.05) is 56.3 Å². The largest absolute Gasteiger partial charge is 0.508 e. The lowest BCUT2D eigenvalue weighted by Gasteiger charge is -2.26. The molecule has 0 aliphatic rings. The van der Waals surface area contributed by atoms with Crippen molar-refractivity contribution in [2.75, 3.05) is 6.61 Å². The number of nitrogens with one attached hydrogen (secondary N) is 5. The number of phenolic OH excluding ortho intramolecular Hbond substituents is 1. The molecule has 272 valence electrons. The van der Waals surface area contributed by atoms with Gasteiger partial charge < -0.3 is 47.0 Å². The summed E-state index contributed by atoms with van der Waals surface area (Å²) in [5.41, 5.74) is 1.15. The first-order valence-corrected chi connectivity index (χ1v) is 15.9. The highest BCUT2D eigenvalue weighted by Crippen LogP contribution is 2.13. The highest BCUT2D eigenvalue weighted by atomic mass is 16.4. The van der Waals surface area contributed by atoms with E-state index in [1.54, 1.807) is 44.2 Å². The van der Waals surface area contributed by atoms with Crippen molar-refractivity contribution in [3.8, 4) is 5.75 Å². The quantitative estimate of drug-likeness (QED) is 0.0860. The van der Waals surface area contributed by atoms with Crippen LogP contribution in [0.4, 0.5) is 0 Å². The summed E-state index contributed by atoms with van der Waals surface area (Å²) in [6.07, 6.45) is -1.07. The Kier molecular flexibility index (Phi) is 16.4. The highest BCUT2D eigenvalue weighted by Gasteiger charge is 2.33. The molecule has 0 heterocycles. The summed E-state index contributed by atoms with van der Waals surface area (Å²) < 4.78 is 0. The molecule has 5 amide bonds. The van der Waals surface area contributed by atoms with E-state index in [2.05, 4.69) is 26.6 Å². The Morgan fingerprint density at radius 3 is 1.58 bits per heavy atom. The van der Waals surface area contributed by atoms with E-state index < -0.39 is 91.1 Å². The molecule has 0 saturated carbocycles. The predicted molar refractivity (Wildman–Crippen MR) is 178 cm³/mol. The minimum atomic E-state index is -1.59. The van der Waals surface area contributed by atoms with Crippen molar-refractivity contribution in [1.82, 2.24) is 26.6 Å². The molecule has 0 aliphatic carbocycles. The Morgan fingerprint density at radius 2 is 1.08 bits per heavy atom. The van der Waals surface area contributed by atoms with Gasteiger partial charge in [0.1, 0.15) is 36.0 Å². The van der Waals surface area contributed by atoms with Gasteiger partial charge in [-0.15, -0.1) is 0 Å². The first-order valence-electron chi connectivity index (χ1n) is 15.9. The van der Waals surface area contributed by atoms with Crippen LogP contribution in [0.2, 0.25) is 0 Å². The molecule has 0 aromatic heterocycles. The standard InChI is InChI=1S/C34H45N5O11/c1-19(2)15-27(34(49)50)38-30(45)24(13-14-29(43)44)36-32(47)26(17-22-9-11-23(42)12-10-22)37-33(48)28(18-40)39-31(46)25(35-20(3)41)16-21-7-5-4-6-8-21/h4-12,19,24-28,40,42H,13-18H2,1-3H3,(H,35,41)(H,36,47)(H,37,48)(H,38,45)(H,39,46)(H,43,44)(H,49,50). The Balaban J connectivity index is 2.32. The zero-order valence-electron chi connectivity index (χ0n) is 28.0. The third-order valence-electron chi connectivity index (χ3n) is 7.40. The molecule has 16 nitrogen and oxygen atoms in total. The Labute approximate surface area is 289 Å². The van der Waals surface area contributed by atoms with E-state index in [1.807, 2.05) is 0 Å². The number of carboxylic acid groups (broad SMARTS) is 2. The summed E-state index contributed by atoms with van der Waals surface area (Å²) in [5.74, 6) is -7.04. The molecule has 16 heteroatoms. The monoisotopic (exact) mass is 699 g/mol. The summed E-state index contributed by atoms with van der Waals surface area (Å²) >= 11 is 0. The van der Waals surface area contributed by atoms with Gasteiger partial charge >= 0.3 is 11.9 Å². The number of hydrogen-bond acceptors (Lipinski definition) is 9. The molecule has 2 rings (SSSR count). The number of aromatic hydroxyl groups is 1. The van der Waals surface area contributed by atoms with E-state index in [4.69, 9.17) is 0 Å². The van der Waals surface area contributed by atoms with Crippen LogP contribution in [0, 0.1) is 5.92 Å². The molecule has 2 aromatic rings. The molecular formula is C34H45N5O11. The zero-order chi connectivity index (χ0) is 37.4. The minimum Gasteiger partial charge on any atom is -0.508 e. The van der Waals surface area contributed by atoms with Crippen molar-refractivity contribution >= 4 is 41.5 Å². The average Bonchev–Trinajstić information content (AvgIpc) is 3.05. The van der Waals surface area contributed by atoms with Crippen LogP contribution in [0.15, 0.2) is 54.6 Å². The summed E-state index contributed by atoms with van der Waals surface area (Å²) in [6, 6.07) is 7.31. The normalized spacial score (nSPS) is 13.9. The Bertz CT molecular complexity index is 1480. The maximum atomic E-state index is 13.7. The molecular weight excluding hydrogens is 654 g/mol. The van der Waals surface area contributed by atoms with Crippen molar-refractivity contribution in [3.05, 3.63) is 65.7 Å². The molecule has 0 aliphatic heterocycles. The fraction of sp³-hybridized carbons (Fsp3) is 0.441. The fourth-order valence-electron chi connectivity index (χ4n) is 4.89. The van der Waals surface area contributed by atoms with Gasteiger partial charge in [0.15, 0.2) is 0 Å². The molecule has 0 bridgehead atoms. The number of aliphatic carboxylic acids is 2. The molecule has 5 unspecified atom stereocenters. The summed E-state index contributed by atoms with van der Waals surface area (Å²) in [7, 11) is 0. The molecule has 2 aromatic carbocycles. The van der Waals surface area contributed by atoms with Crippen molar-refractivity contribution in [3.63, 3.8) is 0 Å². The number of carboxylic acids is 2. The fourth-order valence-corrected chi connectivity index (χ4v) is 4.89. The molecule has 0 spiro atoms. The van der Waals surface area contributed by atoms with Crippen LogP contribution in [0.5, 0.6) is 5.75 Å². The molecule has 0 saturated heterocycles. The number of carbonyl (C=O) groups is 7. The van der Waals surface area contributed by atoms with E-state index in [0.717, 1.165) is 0 Å². The number of carbonyl (C=O) groups excluding carboxylic acids is 5. The van der Waals surface area contributed by atoms with Gasteiger partial charge in [0, 0.05) is 26.2 Å². The van der Waals surface area contributed by atoms with Gasteiger partial charge in [0.2, 0.25) is 29.5 Å². The third-order valence-corrected chi connectivity index (χ3v) is 7.40. The van der Waals surface area contributed by atoms with Crippen LogP contribution in [0.1, 0.15) is 51.2 Å². The second kappa shape index (κ2) is 20.1. The van der Waals surface area contributed by atoms with Gasteiger partial charge in [-0.3, -0.25) is 28.8 Å². The predicted octanol–water partition coefficient (Wildman–Crippen LogP) is -0.391.